The van der Waals surface area contributed by atoms with E-state index in [2.05, 4.69) is 30.2 Å². The number of aromatic nitrogens is 1. The number of ether oxygens (including phenoxy) is 2. The molecule has 1 aliphatic heterocycles. The van der Waals surface area contributed by atoms with Crippen molar-refractivity contribution in [3.63, 3.8) is 0 Å². The second-order valence-corrected chi connectivity index (χ2v) is 4.94. The molecule has 2 rings (SSSR count). The Bertz CT molecular complexity index is 390. The van der Waals surface area contributed by atoms with E-state index in [1.807, 2.05) is 6.07 Å². The lowest BCUT2D eigenvalue weighted by molar-refractivity contribution is 0.138. The summed E-state index contributed by atoms with van der Waals surface area (Å²) in [6.07, 6.45) is 3.20. The Hall–Kier alpha value is -1.13. The first-order chi connectivity index (χ1) is 9.31. The van der Waals surface area contributed by atoms with Gasteiger partial charge in [0.25, 0.3) is 0 Å². The van der Waals surface area contributed by atoms with Crippen LogP contribution >= 0.6 is 0 Å². The monoisotopic (exact) mass is 264 g/mol. The molecule has 1 fully saturated rings. The number of hydrogen-bond acceptors (Lipinski definition) is 4. The molecule has 2 heterocycles. The van der Waals surface area contributed by atoms with Crippen LogP contribution in [-0.2, 0) is 17.7 Å². The highest BCUT2D eigenvalue weighted by Crippen LogP contribution is 2.18. The second-order valence-electron chi connectivity index (χ2n) is 4.94. The van der Waals surface area contributed by atoms with E-state index in [-0.39, 0.29) is 6.10 Å². The van der Waals surface area contributed by atoms with E-state index >= 15 is 0 Å². The van der Waals surface area contributed by atoms with Crippen LogP contribution in [-0.4, -0.2) is 30.8 Å². The fourth-order valence-electron chi connectivity index (χ4n) is 2.15. The SMILES string of the molecule is CCCNCc1cc(CC)nc(OC2CCOC2)c1. The van der Waals surface area contributed by atoms with Gasteiger partial charge in [-0.2, -0.15) is 0 Å². The number of nitrogens with zero attached hydrogens (tertiary/aromatic N) is 1. The standard InChI is InChI=1S/C15H24N2O2/c1-3-6-16-10-12-8-13(4-2)17-15(9-12)19-14-5-7-18-11-14/h8-9,14,16H,3-7,10-11H2,1-2H3. The molecule has 0 bridgehead atoms. The highest BCUT2D eigenvalue weighted by Gasteiger charge is 2.18. The topological polar surface area (TPSA) is 43.4 Å². The van der Waals surface area contributed by atoms with Crippen LogP contribution in [0.15, 0.2) is 12.1 Å². The van der Waals surface area contributed by atoms with Crippen molar-refractivity contribution >= 4 is 0 Å². The zero-order chi connectivity index (χ0) is 13.5. The van der Waals surface area contributed by atoms with Crippen LogP contribution in [0, 0.1) is 0 Å². The van der Waals surface area contributed by atoms with Gasteiger partial charge in [0.05, 0.1) is 13.2 Å². The number of rotatable bonds is 7. The van der Waals surface area contributed by atoms with E-state index in [9.17, 15) is 0 Å². The molecule has 1 atom stereocenters. The lowest BCUT2D eigenvalue weighted by Gasteiger charge is -2.13. The van der Waals surface area contributed by atoms with Gasteiger partial charge in [0, 0.05) is 24.7 Å². The lowest BCUT2D eigenvalue weighted by atomic mass is 10.2. The fourth-order valence-corrected chi connectivity index (χ4v) is 2.15. The third-order valence-corrected chi connectivity index (χ3v) is 3.21. The minimum Gasteiger partial charge on any atom is -0.472 e. The van der Waals surface area contributed by atoms with Crippen LogP contribution in [0.25, 0.3) is 0 Å². The molecular formula is C15H24N2O2. The van der Waals surface area contributed by atoms with Gasteiger partial charge in [0.1, 0.15) is 6.10 Å². The molecule has 106 valence electrons. The molecule has 0 radical (unpaired) electrons. The van der Waals surface area contributed by atoms with Crippen LogP contribution in [0.3, 0.4) is 0 Å². The maximum atomic E-state index is 5.90. The number of nitrogens with one attached hydrogen (secondary N) is 1. The minimum atomic E-state index is 0.163. The predicted molar refractivity (Wildman–Crippen MR) is 75.5 cm³/mol. The molecule has 1 unspecified atom stereocenters. The Kier molecular flexibility index (Phi) is 5.61. The first-order valence-electron chi connectivity index (χ1n) is 7.26. The summed E-state index contributed by atoms with van der Waals surface area (Å²) in [5.74, 6) is 0.739. The van der Waals surface area contributed by atoms with E-state index < -0.39 is 0 Å². The van der Waals surface area contributed by atoms with Gasteiger partial charge < -0.3 is 14.8 Å². The van der Waals surface area contributed by atoms with Crippen molar-refractivity contribution < 1.29 is 9.47 Å². The summed E-state index contributed by atoms with van der Waals surface area (Å²) < 4.78 is 11.2. The Morgan fingerprint density at radius 2 is 2.32 bits per heavy atom. The Morgan fingerprint density at radius 1 is 1.42 bits per heavy atom. The molecule has 0 amide bonds. The quantitative estimate of drug-likeness (QED) is 0.768. The molecule has 1 aliphatic rings. The molecule has 4 nitrogen and oxygen atoms in total. The maximum Gasteiger partial charge on any atom is 0.214 e. The Balaban J connectivity index is 2.01. The van der Waals surface area contributed by atoms with Gasteiger partial charge in [0.2, 0.25) is 5.88 Å². The van der Waals surface area contributed by atoms with Crippen molar-refractivity contribution in [3.8, 4) is 5.88 Å². The van der Waals surface area contributed by atoms with Crippen molar-refractivity contribution in [2.24, 2.45) is 0 Å². The van der Waals surface area contributed by atoms with Gasteiger partial charge in [-0.05, 0) is 31.0 Å². The highest BCUT2D eigenvalue weighted by molar-refractivity contribution is 5.25. The first-order valence-corrected chi connectivity index (χ1v) is 7.26. The molecule has 0 aliphatic carbocycles. The number of pyridine rings is 1. The molecule has 1 aromatic heterocycles. The van der Waals surface area contributed by atoms with Crippen LogP contribution in [0.4, 0.5) is 0 Å². The normalized spacial score (nSPS) is 18.7. The van der Waals surface area contributed by atoms with Gasteiger partial charge in [-0.25, -0.2) is 4.98 Å². The summed E-state index contributed by atoms with van der Waals surface area (Å²) in [5.41, 5.74) is 2.33. The molecule has 1 N–H and O–H groups in total. The highest BCUT2D eigenvalue weighted by atomic mass is 16.5. The van der Waals surface area contributed by atoms with Gasteiger partial charge in [-0.1, -0.05) is 13.8 Å². The van der Waals surface area contributed by atoms with E-state index in [4.69, 9.17) is 9.47 Å². The zero-order valence-electron chi connectivity index (χ0n) is 11.9. The van der Waals surface area contributed by atoms with E-state index in [1.165, 1.54) is 5.56 Å². The average molecular weight is 264 g/mol. The number of hydrogen-bond donors (Lipinski definition) is 1. The van der Waals surface area contributed by atoms with Gasteiger partial charge in [-0.15, -0.1) is 0 Å². The van der Waals surface area contributed by atoms with Crippen LogP contribution in [0.5, 0.6) is 5.88 Å². The molecule has 0 spiro atoms. The summed E-state index contributed by atoms with van der Waals surface area (Å²) >= 11 is 0. The molecule has 4 heteroatoms. The van der Waals surface area contributed by atoms with Crippen LogP contribution in [0.2, 0.25) is 0 Å². The predicted octanol–water partition coefficient (Wildman–Crippen LogP) is 2.31. The molecule has 1 saturated heterocycles. The van der Waals surface area contributed by atoms with Crippen molar-refractivity contribution in [3.05, 3.63) is 23.4 Å². The summed E-state index contributed by atoms with van der Waals surface area (Å²) in [4.78, 5) is 4.54. The smallest absolute Gasteiger partial charge is 0.214 e. The summed E-state index contributed by atoms with van der Waals surface area (Å²) in [7, 11) is 0. The fraction of sp³-hybridized carbons (Fsp3) is 0.667. The summed E-state index contributed by atoms with van der Waals surface area (Å²) in [6, 6.07) is 4.20. The van der Waals surface area contributed by atoms with Gasteiger partial charge in [-0.3, -0.25) is 0 Å². The lowest BCUT2D eigenvalue weighted by Crippen LogP contribution is -2.18. The zero-order valence-corrected chi connectivity index (χ0v) is 11.9. The number of aryl methyl sites for hydroxylation is 1. The molecule has 19 heavy (non-hydrogen) atoms. The summed E-state index contributed by atoms with van der Waals surface area (Å²) in [5, 5.41) is 3.42. The van der Waals surface area contributed by atoms with Crippen molar-refractivity contribution in [2.75, 3.05) is 19.8 Å². The third kappa shape index (κ3) is 4.48. The molecule has 0 saturated carbocycles. The Labute approximate surface area is 115 Å². The van der Waals surface area contributed by atoms with Crippen molar-refractivity contribution in [2.45, 2.75) is 45.8 Å². The van der Waals surface area contributed by atoms with Gasteiger partial charge in [0.15, 0.2) is 0 Å². The van der Waals surface area contributed by atoms with E-state index in [0.29, 0.717) is 6.61 Å². The van der Waals surface area contributed by atoms with Crippen LogP contribution in [0.1, 0.15) is 37.9 Å². The van der Waals surface area contributed by atoms with Crippen molar-refractivity contribution in [1.29, 1.82) is 0 Å². The van der Waals surface area contributed by atoms with Gasteiger partial charge >= 0.3 is 0 Å². The van der Waals surface area contributed by atoms with E-state index in [0.717, 1.165) is 50.5 Å². The average Bonchev–Trinajstić information content (AvgIpc) is 2.91. The largest absolute Gasteiger partial charge is 0.472 e. The second kappa shape index (κ2) is 7.46. The maximum absolute atomic E-state index is 5.90. The van der Waals surface area contributed by atoms with Crippen LogP contribution < -0.4 is 10.1 Å². The third-order valence-electron chi connectivity index (χ3n) is 3.21. The van der Waals surface area contributed by atoms with E-state index in [1.54, 1.807) is 0 Å². The summed E-state index contributed by atoms with van der Waals surface area (Å²) in [6.45, 7) is 7.68. The first kappa shape index (κ1) is 14.3. The molecule has 1 aromatic rings. The molecule has 0 aromatic carbocycles. The van der Waals surface area contributed by atoms with Crippen molar-refractivity contribution in [1.82, 2.24) is 10.3 Å². The molecular weight excluding hydrogens is 240 g/mol. The Morgan fingerprint density at radius 3 is 3.00 bits per heavy atom. The minimum absolute atomic E-state index is 0.163.